The van der Waals surface area contributed by atoms with Gasteiger partial charge in [-0.3, -0.25) is 9.69 Å². The molecule has 2 aromatic rings. The fourth-order valence-electron chi connectivity index (χ4n) is 4.20. The number of nitrogens with zero attached hydrogens (tertiary/aromatic N) is 2. The molecule has 3 rings (SSSR count). The molecule has 0 saturated carbocycles. The molecule has 1 aliphatic heterocycles. The highest BCUT2D eigenvalue weighted by Gasteiger charge is 2.26. The van der Waals surface area contributed by atoms with Crippen LogP contribution in [-0.4, -0.2) is 43.0 Å². The minimum Gasteiger partial charge on any atom is -0.369 e. The Morgan fingerprint density at radius 2 is 1.54 bits per heavy atom. The molecule has 1 N–H and O–H groups in total. The number of carbonyl (C=O) groups excluding carboxylic acids is 1. The molecule has 2 aromatic carbocycles. The van der Waals surface area contributed by atoms with E-state index in [2.05, 4.69) is 80.1 Å². The van der Waals surface area contributed by atoms with Crippen LogP contribution in [0.4, 0.5) is 11.4 Å². The second kappa shape index (κ2) is 8.36. The average molecular weight is 380 g/mol. The quantitative estimate of drug-likeness (QED) is 0.856. The highest BCUT2D eigenvalue weighted by molar-refractivity contribution is 5.96. The summed E-state index contributed by atoms with van der Waals surface area (Å²) in [4.78, 5) is 17.6. The van der Waals surface area contributed by atoms with Crippen LogP contribution in [0.3, 0.4) is 0 Å². The van der Waals surface area contributed by atoms with Crippen molar-refractivity contribution in [2.24, 2.45) is 0 Å². The Morgan fingerprint density at radius 1 is 0.929 bits per heavy atom. The number of piperazine rings is 1. The fourth-order valence-corrected chi connectivity index (χ4v) is 4.20. The first-order chi connectivity index (χ1) is 13.3. The smallest absolute Gasteiger partial charge is 0.241 e. The van der Waals surface area contributed by atoms with Crippen molar-refractivity contribution in [3.05, 3.63) is 58.1 Å². The van der Waals surface area contributed by atoms with Gasteiger partial charge in [0.1, 0.15) is 0 Å². The minimum absolute atomic E-state index is 0.0789. The molecule has 1 heterocycles. The van der Waals surface area contributed by atoms with Crippen LogP contribution in [0.25, 0.3) is 0 Å². The van der Waals surface area contributed by atoms with Crippen LogP contribution in [0.5, 0.6) is 0 Å². The van der Waals surface area contributed by atoms with Gasteiger partial charge >= 0.3 is 0 Å². The van der Waals surface area contributed by atoms with Gasteiger partial charge in [0.25, 0.3) is 0 Å². The molecule has 0 bridgehead atoms. The van der Waals surface area contributed by atoms with Gasteiger partial charge in [-0.05, 0) is 69.9 Å². The first kappa shape index (κ1) is 20.4. The molecule has 1 aliphatic rings. The largest absolute Gasteiger partial charge is 0.369 e. The molecule has 28 heavy (non-hydrogen) atoms. The van der Waals surface area contributed by atoms with Crippen molar-refractivity contribution in [2.45, 2.75) is 47.6 Å². The molecule has 1 saturated heterocycles. The number of nitrogens with one attached hydrogen (secondary N) is 1. The van der Waals surface area contributed by atoms with Crippen LogP contribution in [0, 0.1) is 34.6 Å². The average Bonchev–Trinajstić information content (AvgIpc) is 2.66. The summed E-state index contributed by atoms with van der Waals surface area (Å²) in [5.41, 5.74) is 8.43. The lowest BCUT2D eigenvalue weighted by molar-refractivity contribution is -0.120. The lowest BCUT2D eigenvalue weighted by Crippen LogP contribution is -2.53. The van der Waals surface area contributed by atoms with Gasteiger partial charge in [0, 0.05) is 37.6 Å². The summed E-state index contributed by atoms with van der Waals surface area (Å²) in [6.07, 6.45) is 0. The van der Waals surface area contributed by atoms with E-state index in [1.54, 1.807) is 0 Å². The third-order valence-electron chi connectivity index (χ3n) is 6.08. The summed E-state index contributed by atoms with van der Waals surface area (Å²) in [6, 6.07) is 10.6. The van der Waals surface area contributed by atoms with E-state index in [1.807, 2.05) is 6.92 Å². The maximum Gasteiger partial charge on any atom is 0.241 e. The van der Waals surface area contributed by atoms with E-state index < -0.39 is 0 Å². The van der Waals surface area contributed by atoms with Crippen LogP contribution < -0.4 is 10.2 Å². The third-order valence-corrected chi connectivity index (χ3v) is 6.08. The van der Waals surface area contributed by atoms with Gasteiger partial charge in [0.2, 0.25) is 5.91 Å². The van der Waals surface area contributed by atoms with Crippen LogP contribution >= 0.6 is 0 Å². The number of rotatable bonds is 4. The van der Waals surface area contributed by atoms with Gasteiger partial charge in [-0.1, -0.05) is 29.8 Å². The molecule has 4 nitrogen and oxygen atoms in total. The van der Waals surface area contributed by atoms with Crippen LogP contribution in [-0.2, 0) is 4.79 Å². The van der Waals surface area contributed by atoms with E-state index in [1.165, 1.54) is 22.4 Å². The minimum atomic E-state index is -0.138. The van der Waals surface area contributed by atoms with E-state index in [0.717, 1.165) is 43.0 Å². The number of aryl methyl sites for hydroxylation is 4. The van der Waals surface area contributed by atoms with Crippen molar-refractivity contribution in [2.75, 3.05) is 36.4 Å². The Balaban J connectivity index is 1.63. The molecule has 0 radical (unpaired) electrons. The summed E-state index contributed by atoms with van der Waals surface area (Å²) in [5.74, 6) is 0.0789. The van der Waals surface area contributed by atoms with Gasteiger partial charge in [0.05, 0.1) is 6.04 Å². The number of hydrogen-bond donors (Lipinski definition) is 1. The van der Waals surface area contributed by atoms with Crippen LogP contribution in [0.1, 0.15) is 34.7 Å². The van der Waals surface area contributed by atoms with Gasteiger partial charge < -0.3 is 10.2 Å². The van der Waals surface area contributed by atoms with Crippen molar-refractivity contribution in [1.29, 1.82) is 0 Å². The summed E-state index contributed by atoms with van der Waals surface area (Å²) in [5, 5.41) is 3.17. The first-order valence-electron chi connectivity index (χ1n) is 10.2. The van der Waals surface area contributed by atoms with Crippen molar-refractivity contribution in [3.8, 4) is 0 Å². The normalized spacial score (nSPS) is 16.1. The summed E-state index contributed by atoms with van der Waals surface area (Å²) in [7, 11) is 0. The monoisotopic (exact) mass is 379 g/mol. The number of benzene rings is 2. The molecule has 0 unspecified atom stereocenters. The zero-order valence-corrected chi connectivity index (χ0v) is 18.1. The number of carbonyl (C=O) groups is 1. The van der Waals surface area contributed by atoms with Crippen molar-refractivity contribution >= 4 is 17.3 Å². The van der Waals surface area contributed by atoms with Crippen LogP contribution in [0.2, 0.25) is 0 Å². The summed E-state index contributed by atoms with van der Waals surface area (Å²) in [6.45, 7) is 16.3. The first-order valence-corrected chi connectivity index (χ1v) is 10.2. The maximum absolute atomic E-state index is 12.9. The second-order valence-corrected chi connectivity index (χ2v) is 8.18. The predicted molar refractivity (Wildman–Crippen MR) is 118 cm³/mol. The van der Waals surface area contributed by atoms with Gasteiger partial charge in [-0.25, -0.2) is 0 Å². The van der Waals surface area contributed by atoms with Gasteiger partial charge in [0.15, 0.2) is 0 Å². The molecule has 1 fully saturated rings. The zero-order chi connectivity index (χ0) is 20.4. The molecule has 0 spiro atoms. The molecule has 0 aliphatic carbocycles. The second-order valence-electron chi connectivity index (χ2n) is 8.18. The fraction of sp³-hybridized carbons (Fsp3) is 0.458. The summed E-state index contributed by atoms with van der Waals surface area (Å²) < 4.78 is 0. The molecule has 1 atom stereocenters. The predicted octanol–water partition coefficient (Wildman–Crippen LogP) is 4.38. The SMILES string of the molecule is Cc1cc(C)c(NC(=O)[C@H](C)N2CCN(c3cccc(C)c3C)CC2)c(C)c1. The molecule has 4 heteroatoms. The number of hydrogen-bond acceptors (Lipinski definition) is 3. The molecule has 1 amide bonds. The van der Waals surface area contributed by atoms with Crippen molar-refractivity contribution in [1.82, 2.24) is 4.90 Å². The third kappa shape index (κ3) is 4.22. The molecule has 0 aromatic heterocycles. The highest BCUT2D eigenvalue weighted by atomic mass is 16.2. The Kier molecular flexibility index (Phi) is 6.09. The Hall–Kier alpha value is -2.33. The Bertz CT molecular complexity index is 843. The standard InChI is InChI=1S/C24H33N3O/c1-16-14-18(3)23(19(4)15-16)25-24(28)21(6)26-10-12-27(13-11-26)22-9-7-8-17(2)20(22)5/h7-9,14-15,21H,10-13H2,1-6H3,(H,25,28)/t21-/m0/s1. The molecule has 150 valence electrons. The topological polar surface area (TPSA) is 35.6 Å². The highest BCUT2D eigenvalue weighted by Crippen LogP contribution is 2.25. The molecular weight excluding hydrogens is 346 g/mol. The van der Waals surface area contributed by atoms with Crippen LogP contribution in [0.15, 0.2) is 30.3 Å². The van der Waals surface area contributed by atoms with Crippen molar-refractivity contribution < 1.29 is 4.79 Å². The summed E-state index contributed by atoms with van der Waals surface area (Å²) >= 11 is 0. The van der Waals surface area contributed by atoms with E-state index >= 15 is 0 Å². The zero-order valence-electron chi connectivity index (χ0n) is 18.1. The van der Waals surface area contributed by atoms with Gasteiger partial charge in [-0.2, -0.15) is 0 Å². The van der Waals surface area contributed by atoms with E-state index in [0.29, 0.717) is 0 Å². The lowest BCUT2D eigenvalue weighted by Gasteiger charge is -2.39. The maximum atomic E-state index is 12.9. The van der Waals surface area contributed by atoms with E-state index in [9.17, 15) is 4.79 Å². The molecular formula is C24H33N3O. The van der Waals surface area contributed by atoms with E-state index in [-0.39, 0.29) is 11.9 Å². The lowest BCUT2D eigenvalue weighted by atomic mass is 10.0. The Labute approximate surface area is 169 Å². The van der Waals surface area contributed by atoms with E-state index in [4.69, 9.17) is 0 Å². The van der Waals surface area contributed by atoms with Crippen molar-refractivity contribution in [3.63, 3.8) is 0 Å². The number of anilines is 2. The Morgan fingerprint density at radius 3 is 2.14 bits per heavy atom. The van der Waals surface area contributed by atoms with Gasteiger partial charge in [-0.15, -0.1) is 0 Å². The number of amides is 1.